The Morgan fingerprint density at radius 2 is 2.29 bits per heavy atom. The van der Waals surface area contributed by atoms with E-state index in [1.165, 1.54) is 12.8 Å². The second kappa shape index (κ2) is 1.83. The zero-order chi connectivity index (χ0) is 5.28. The number of aliphatic hydroxyl groups excluding tert-OH is 1. The van der Waals surface area contributed by atoms with Gasteiger partial charge in [-0.25, -0.2) is 0 Å². The maximum Gasteiger partial charge on any atom is 0.0597 e. The molecule has 0 heterocycles. The molecule has 1 radical (unpaired) electrons. The quantitative estimate of drug-likeness (QED) is 0.547. The molecule has 1 aliphatic carbocycles. The molecule has 1 aliphatic rings. The van der Waals surface area contributed by atoms with Crippen molar-refractivity contribution in [3.05, 3.63) is 6.42 Å². The van der Waals surface area contributed by atoms with Crippen molar-refractivity contribution in [3.8, 4) is 0 Å². The number of aliphatic hydroxyl groups is 1. The molecule has 1 unspecified atom stereocenters. The van der Waals surface area contributed by atoms with Crippen LogP contribution in [0.5, 0.6) is 0 Å². The Morgan fingerprint density at radius 1 is 1.71 bits per heavy atom. The first kappa shape index (κ1) is 5.10. The molecule has 41 valence electrons. The zero-order valence-electron chi connectivity index (χ0n) is 4.59. The molecule has 1 N–H and O–H groups in total. The summed E-state index contributed by atoms with van der Waals surface area (Å²) in [6.45, 7) is 1.91. The van der Waals surface area contributed by atoms with Gasteiger partial charge in [-0.15, -0.1) is 0 Å². The standard InChI is InChI=1S/C6H11O/c1-2-6(7)5-3-4-5/h2,5-7H,3-4H2,1H3. The zero-order valence-corrected chi connectivity index (χ0v) is 4.59. The Balaban J connectivity index is 2.10. The second-order valence-corrected chi connectivity index (χ2v) is 2.16. The summed E-state index contributed by atoms with van der Waals surface area (Å²) in [5.41, 5.74) is 0. The second-order valence-electron chi connectivity index (χ2n) is 2.16. The van der Waals surface area contributed by atoms with E-state index in [4.69, 9.17) is 5.11 Å². The number of rotatable bonds is 2. The predicted octanol–water partition coefficient (Wildman–Crippen LogP) is 0.981. The molecule has 1 atom stereocenters. The molecule has 1 heteroatoms. The lowest BCUT2D eigenvalue weighted by Gasteiger charge is -2.00. The fraction of sp³-hybridized carbons (Fsp3) is 0.833. The van der Waals surface area contributed by atoms with Crippen molar-refractivity contribution in [2.75, 3.05) is 0 Å². The van der Waals surface area contributed by atoms with Gasteiger partial charge in [0, 0.05) is 0 Å². The normalized spacial score (nSPS) is 24.9. The van der Waals surface area contributed by atoms with Gasteiger partial charge >= 0.3 is 0 Å². The van der Waals surface area contributed by atoms with Crippen LogP contribution >= 0.6 is 0 Å². The fourth-order valence-electron chi connectivity index (χ4n) is 0.710. The average molecular weight is 99.2 g/mol. The maximum atomic E-state index is 8.94. The van der Waals surface area contributed by atoms with E-state index < -0.39 is 0 Å². The molecule has 0 aromatic rings. The number of hydrogen-bond acceptors (Lipinski definition) is 1. The third-order valence-electron chi connectivity index (χ3n) is 1.45. The molecule has 1 fully saturated rings. The monoisotopic (exact) mass is 99.1 g/mol. The van der Waals surface area contributed by atoms with Crippen molar-refractivity contribution in [3.63, 3.8) is 0 Å². The molecule has 0 bridgehead atoms. The van der Waals surface area contributed by atoms with Crippen molar-refractivity contribution in [1.82, 2.24) is 0 Å². The summed E-state index contributed by atoms with van der Waals surface area (Å²) < 4.78 is 0. The molecule has 1 rings (SSSR count). The van der Waals surface area contributed by atoms with Crippen LogP contribution in [0.1, 0.15) is 19.8 Å². The lowest BCUT2D eigenvalue weighted by molar-refractivity contribution is 0.184. The van der Waals surface area contributed by atoms with Gasteiger partial charge in [0.25, 0.3) is 0 Å². The van der Waals surface area contributed by atoms with E-state index in [1.807, 2.05) is 13.3 Å². The lowest BCUT2D eigenvalue weighted by atomic mass is 10.2. The van der Waals surface area contributed by atoms with Gasteiger partial charge in [0.1, 0.15) is 0 Å². The van der Waals surface area contributed by atoms with Crippen molar-refractivity contribution < 1.29 is 5.11 Å². The molecule has 7 heavy (non-hydrogen) atoms. The molecule has 0 aromatic heterocycles. The van der Waals surface area contributed by atoms with Crippen molar-refractivity contribution in [2.24, 2.45) is 5.92 Å². The maximum absolute atomic E-state index is 8.94. The average Bonchev–Trinajstić information content (AvgIpc) is 2.44. The van der Waals surface area contributed by atoms with E-state index in [0.717, 1.165) is 0 Å². The van der Waals surface area contributed by atoms with Crippen LogP contribution in [0.2, 0.25) is 0 Å². The Morgan fingerprint density at radius 3 is 2.43 bits per heavy atom. The molecule has 0 aliphatic heterocycles. The molecule has 1 nitrogen and oxygen atoms in total. The highest BCUT2D eigenvalue weighted by atomic mass is 16.3. The molecule has 0 aromatic carbocycles. The third-order valence-corrected chi connectivity index (χ3v) is 1.45. The highest BCUT2D eigenvalue weighted by Gasteiger charge is 2.27. The first-order valence-electron chi connectivity index (χ1n) is 2.82. The summed E-state index contributed by atoms with van der Waals surface area (Å²) in [7, 11) is 0. The van der Waals surface area contributed by atoms with Crippen LogP contribution in [0.3, 0.4) is 0 Å². The summed E-state index contributed by atoms with van der Waals surface area (Å²) in [6.07, 6.45) is 4.20. The minimum absolute atomic E-state index is 0.111. The molecule has 0 amide bonds. The summed E-state index contributed by atoms with van der Waals surface area (Å²) >= 11 is 0. The van der Waals surface area contributed by atoms with E-state index in [1.54, 1.807) is 0 Å². The van der Waals surface area contributed by atoms with Gasteiger partial charge in [-0.1, -0.05) is 6.92 Å². The van der Waals surface area contributed by atoms with Crippen LogP contribution in [0.4, 0.5) is 0 Å². The van der Waals surface area contributed by atoms with Crippen molar-refractivity contribution in [1.29, 1.82) is 0 Å². The Hall–Kier alpha value is -0.0400. The van der Waals surface area contributed by atoms with Crippen LogP contribution in [-0.4, -0.2) is 11.2 Å². The van der Waals surface area contributed by atoms with Crippen molar-refractivity contribution in [2.45, 2.75) is 25.9 Å². The molecule has 1 saturated carbocycles. The highest BCUT2D eigenvalue weighted by Crippen LogP contribution is 2.33. The summed E-state index contributed by atoms with van der Waals surface area (Å²) in [4.78, 5) is 0. The van der Waals surface area contributed by atoms with Gasteiger partial charge in [0.05, 0.1) is 6.10 Å². The van der Waals surface area contributed by atoms with Gasteiger partial charge in [0.15, 0.2) is 0 Å². The van der Waals surface area contributed by atoms with Crippen molar-refractivity contribution >= 4 is 0 Å². The van der Waals surface area contributed by atoms with Gasteiger partial charge in [-0.05, 0) is 25.2 Å². The number of hydrogen-bond donors (Lipinski definition) is 1. The van der Waals surface area contributed by atoms with E-state index in [0.29, 0.717) is 5.92 Å². The van der Waals surface area contributed by atoms with Crippen LogP contribution in [0, 0.1) is 12.3 Å². The SMILES string of the molecule is C[CH]C(O)C1CC1. The minimum Gasteiger partial charge on any atom is -0.393 e. The summed E-state index contributed by atoms with van der Waals surface area (Å²) in [6, 6.07) is 0. The molecule has 0 spiro atoms. The topological polar surface area (TPSA) is 20.2 Å². The van der Waals surface area contributed by atoms with Gasteiger partial charge in [-0.3, -0.25) is 0 Å². The third kappa shape index (κ3) is 1.16. The van der Waals surface area contributed by atoms with Crippen LogP contribution in [-0.2, 0) is 0 Å². The Bertz CT molecular complexity index is 57.2. The summed E-state index contributed by atoms with van der Waals surface area (Å²) in [5, 5.41) is 8.94. The van der Waals surface area contributed by atoms with E-state index in [-0.39, 0.29) is 6.10 Å². The lowest BCUT2D eigenvalue weighted by Crippen LogP contribution is -2.06. The van der Waals surface area contributed by atoms with E-state index >= 15 is 0 Å². The molecular weight excluding hydrogens is 88.1 g/mol. The minimum atomic E-state index is -0.111. The Kier molecular flexibility index (Phi) is 1.33. The molecule has 0 saturated heterocycles. The first-order valence-corrected chi connectivity index (χ1v) is 2.82. The molecular formula is C6H11O. The smallest absolute Gasteiger partial charge is 0.0597 e. The van der Waals surface area contributed by atoms with E-state index in [9.17, 15) is 0 Å². The highest BCUT2D eigenvalue weighted by molar-refractivity contribution is 4.86. The fourth-order valence-corrected chi connectivity index (χ4v) is 0.710. The van der Waals surface area contributed by atoms with Gasteiger partial charge in [0.2, 0.25) is 0 Å². The van der Waals surface area contributed by atoms with Gasteiger partial charge in [-0.2, -0.15) is 0 Å². The first-order chi connectivity index (χ1) is 3.34. The largest absolute Gasteiger partial charge is 0.393 e. The van der Waals surface area contributed by atoms with Crippen LogP contribution < -0.4 is 0 Å². The van der Waals surface area contributed by atoms with Crippen LogP contribution in [0.15, 0.2) is 0 Å². The summed E-state index contributed by atoms with van der Waals surface area (Å²) in [5.74, 6) is 0.616. The van der Waals surface area contributed by atoms with E-state index in [2.05, 4.69) is 0 Å². The predicted molar refractivity (Wildman–Crippen MR) is 28.7 cm³/mol. The Labute approximate surface area is 44.4 Å². The van der Waals surface area contributed by atoms with Crippen LogP contribution in [0.25, 0.3) is 0 Å². The van der Waals surface area contributed by atoms with Gasteiger partial charge < -0.3 is 5.11 Å².